The number of anilines is 1. The first kappa shape index (κ1) is 12.3. The molecule has 0 radical (unpaired) electrons. The third-order valence-corrected chi connectivity index (χ3v) is 2.30. The molecule has 0 amide bonds. The zero-order chi connectivity index (χ0) is 13.3. The van der Waals surface area contributed by atoms with Crippen LogP contribution in [0.1, 0.15) is 31.1 Å². The largest absolute Gasteiger partial charge is 0.456 e. The van der Waals surface area contributed by atoms with Crippen LogP contribution < -0.4 is 5.73 Å². The first-order chi connectivity index (χ1) is 8.37. The van der Waals surface area contributed by atoms with Gasteiger partial charge in [-0.05, 0) is 39.0 Å². The molecule has 0 fully saturated rings. The van der Waals surface area contributed by atoms with E-state index in [9.17, 15) is 4.79 Å². The monoisotopic (exact) mass is 245 g/mol. The fraction of sp³-hybridized carbons (Fsp3) is 0.308. The number of aromatic nitrogens is 2. The van der Waals surface area contributed by atoms with Crippen LogP contribution in [0.5, 0.6) is 0 Å². The summed E-state index contributed by atoms with van der Waals surface area (Å²) in [6, 6.07) is 5.04. The van der Waals surface area contributed by atoms with E-state index in [1.54, 1.807) is 18.2 Å². The summed E-state index contributed by atoms with van der Waals surface area (Å²) in [5.41, 5.74) is 6.28. The number of hydrogen-bond donors (Lipinski definition) is 1. The van der Waals surface area contributed by atoms with Crippen molar-refractivity contribution in [2.24, 2.45) is 0 Å². The third-order valence-electron chi connectivity index (χ3n) is 2.30. The van der Waals surface area contributed by atoms with E-state index < -0.39 is 5.60 Å². The minimum atomic E-state index is -0.517. The Bertz CT molecular complexity index is 603. The maximum absolute atomic E-state index is 11.9. The lowest BCUT2D eigenvalue weighted by molar-refractivity contribution is 0.00697. The van der Waals surface area contributed by atoms with Gasteiger partial charge in [0.1, 0.15) is 17.7 Å². The summed E-state index contributed by atoms with van der Waals surface area (Å²) in [5, 5.41) is 0.727. The molecule has 1 aromatic heterocycles. The fourth-order valence-electron chi connectivity index (χ4n) is 1.54. The molecule has 2 N–H and O–H groups in total. The molecule has 18 heavy (non-hydrogen) atoms. The van der Waals surface area contributed by atoms with Crippen LogP contribution in [-0.4, -0.2) is 21.5 Å². The number of nitrogens with zero attached hydrogens (tertiary/aromatic N) is 2. The van der Waals surface area contributed by atoms with Crippen LogP contribution in [-0.2, 0) is 4.74 Å². The quantitative estimate of drug-likeness (QED) is 0.779. The van der Waals surface area contributed by atoms with Gasteiger partial charge in [-0.15, -0.1) is 0 Å². The number of esters is 1. The van der Waals surface area contributed by atoms with Crippen molar-refractivity contribution in [2.75, 3.05) is 5.73 Å². The molecule has 0 spiro atoms. The number of carbonyl (C=O) groups excluding carboxylic acids is 1. The molecule has 0 saturated heterocycles. The highest BCUT2D eigenvalue weighted by Gasteiger charge is 2.18. The van der Waals surface area contributed by atoms with Crippen LogP contribution in [0, 0.1) is 0 Å². The molecule has 0 bridgehead atoms. The highest BCUT2D eigenvalue weighted by molar-refractivity contribution is 5.96. The average Bonchev–Trinajstić information content (AvgIpc) is 2.26. The summed E-state index contributed by atoms with van der Waals surface area (Å²) in [6.07, 6.45) is 1.37. The average molecular weight is 245 g/mol. The van der Waals surface area contributed by atoms with Crippen molar-refractivity contribution in [1.82, 2.24) is 9.97 Å². The van der Waals surface area contributed by atoms with Crippen LogP contribution in [0.25, 0.3) is 10.9 Å². The molecular formula is C13H15N3O2. The Kier molecular flexibility index (Phi) is 2.90. The lowest BCUT2D eigenvalue weighted by Crippen LogP contribution is -2.23. The molecule has 1 heterocycles. The Morgan fingerprint density at radius 2 is 2.00 bits per heavy atom. The van der Waals surface area contributed by atoms with Gasteiger partial charge >= 0.3 is 5.97 Å². The van der Waals surface area contributed by atoms with Crippen LogP contribution in [0.15, 0.2) is 24.5 Å². The van der Waals surface area contributed by atoms with Gasteiger partial charge in [-0.3, -0.25) is 0 Å². The molecule has 0 saturated carbocycles. The van der Waals surface area contributed by atoms with Gasteiger partial charge in [0, 0.05) is 5.39 Å². The maximum Gasteiger partial charge on any atom is 0.338 e. The van der Waals surface area contributed by atoms with Gasteiger partial charge in [0.2, 0.25) is 0 Å². The molecule has 2 aromatic rings. The van der Waals surface area contributed by atoms with E-state index in [2.05, 4.69) is 9.97 Å². The Hall–Kier alpha value is -2.17. The number of rotatable bonds is 1. The summed E-state index contributed by atoms with van der Waals surface area (Å²) < 4.78 is 5.29. The molecule has 0 unspecified atom stereocenters. The second-order valence-corrected chi connectivity index (χ2v) is 4.99. The normalized spacial score (nSPS) is 11.5. The van der Waals surface area contributed by atoms with E-state index in [0.717, 1.165) is 5.39 Å². The predicted molar refractivity (Wildman–Crippen MR) is 69.1 cm³/mol. The van der Waals surface area contributed by atoms with Crippen molar-refractivity contribution in [1.29, 1.82) is 0 Å². The number of benzene rings is 1. The molecule has 0 atom stereocenters. The third kappa shape index (κ3) is 2.56. The highest BCUT2D eigenvalue weighted by atomic mass is 16.6. The topological polar surface area (TPSA) is 78.1 Å². The Balaban J connectivity index is 2.39. The first-order valence-corrected chi connectivity index (χ1v) is 5.60. The number of nitrogens with two attached hydrogens (primary N) is 1. The molecule has 2 rings (SSSR count). The van der Waals surface area contributed by atoms with Gasteiger partial charge < -0.3 is 10.5 Å². The number of hydrogen-bond acceptors (Lipinski definition) is 5. The first-order valence-electron chi connectivity index (χ1n) is 5.60. The van der Waals surface area contributed by atoms with Gasteiger partial charge in [-0.1, -0.05) is 0 Å². The molecule has 94 valence electrons. The minimum absolute atomic E-state index is 0.374. The van der Waals surface area contributed by atoms with Crippen LogP contribution in [0.4, 0.5) is 5.82 Å². The van der Waals surface area contributed by atoms with E-state index >= 15 is 0 Å². The molecule has 0 aliphatic rings. The Morgan fingerprint density at radius 3 is 2.67 bits per heavy atom. The number of carbonyl (C=O) groups is 1. The molecule has 1 aromatic carbocycles. The summed E-state index contributed by atoms with van der Waals surface area (Å²) in [6.45, 7) is 5.48. The van der Waals surface area contributed by atoms with E-state index in [1.807, 2.05) is 20.8 Å². The minimum Gasteiger partial charge on any atom is -0.456 e. The molecular weight excluding hydrogens is 230 g/mol. The van der Waals surface area contributed by atoms with Crippen molar-refractivity contribution in [2.45, 2.75) is 26.4 Å². The van der Waals surface area contributed by atoms with E-state index in [-0.39, 0.29) is 5.97 Å². The van der Waals surface area contributed by atoms with Crippen LogP contribution in [0.2, 0.25) is 0 Å². The van der Waals surface area contributed by atoms with Gasteiger partial charge in [0.15, 0.2) is 0 Å². The lowest BCUT2D eigenvalue weighted by Gasteiger charge is -2.19. The summed E-state index contributed by atoms with van der Waals surface area (Å²) in [4.78, 5) is 19.9. The lowest BCUT2D eigenvalue weighted by atomic mass is 10.1. The second kappa shape index (κ2) is 4.25. The Morgan fingerprint density at radius 1 is 1.28 bits per heavy atom. The van der Waals surface area contributed by atoms with E-state index in [1.165, 1.54) is 6.33 Å². The standard InChI is InChI=1S/C13H15N3O2/c1-13(2,3)18-12(17)8-4-5-9-10(6-8)15-7-16-11(9)14/h4-7H,1-3H3,(H2,14,15,16). The zero-order valence-electron chi connectivity index (χ0n) is 10.6. The van der Waals surface area contributed by atoms with Crippen LogP contribution >= 0.6 is 0 Å². The van der Waals surface area contributed by atoms with Crippen LogP contribution in [0.3, 0.4) is 0 Å². The van der Waals surface area contributed by atoms with Gasteiger partial charge in [0.05, 0.1) is 11.1 Å². The van der Waals surface area contributed by atoms with Crippen molar-refractivity contribution in [3.8, 4) is 0 Å². The van der Waals surface area contributed by atoms with Crippen molar-refractivity contribution in [3.05, 3.63) is 30.1 Å². The van der Waals surface area contributed by atoms with E-state index in [0.29, 0.717) is 16.9 Å². The van der Waals surface area contributed by atoms with E-state index in [4.69, 9.17) is 10.5 Å². The molecule has 5 heteroatoms. The van der Waals surface area contributed by atoms with Gasteiger partial charge in [-0.25, -0.2) is 14.8 Å². The second-order valence-electron chi connectivity index (χ2n) is 4.99. The molecule has 5 nitrogen and oxygen atoms in total. The summed E-state index contributed by atoms with van der Waals surface area (Å²) in [7, 11) is 0. The summed E-state index contributed by atoms with van der Waals surface area (Å²) >= 11 is 0. The SMILES string of the molecule is CC(C)(C)OC(=O)c1ccc2c(N)ncnc2c1. The Labute approximate surface area is 105 Å². The highest BCUT2D eigenvalue weighted by Crippen LogP contribution is 2.19. The van der Waals surface area contributed by atoms with Gasteiger partial charge in [-0.2, -0.15) is 0 Å². The maximum atomic E-state index is 11.9. The molecule has 0 aliphatic heterocycles. The van der Waals surface area contributed by atoms with Crippen molar-refractivity contribution >= 4 is 22.7 Å². The number of nitrogen functional groups attached to an aromatic ring is 1. The van der Waals surface area contributed by atoms with Crippen molar-refractivity contribution < 1.29 is 9.53 Å². The summed E-state index contributed by atoms with van der Waals surface area (Å²) in [5.74, 6) is 0.0253. The number of fused-ring (bicyclic) bond motifs is 1. The van der Waals surface area contributed by atoms with Gasteiger partial charge in [0.25, 0.3) is 0 Å². The number of ether oxygens (including phenoxy) is 1. The van der Waals surface area contributed by atoms with Crippen molar-refractivity contribution in [3.63, 3.8) is 0 Å². The predicted octanol–water partition coefficient (Wildman–Crippen LogP) is 2.17. The molecule has 0 aliphatic carbocycles. The smallest absolute Gasteiger partial charge is 0.338 e. The zero-order valence-corrected chi connectivity index (χ0v) is 10.6. The fourth-order valence-corrected chi connectivity index (χ4v) is 1.54.